The molecule has 0 fully saturated rings. The highest BCUT2D eigenvalue weighted by Gasteiger charge is 2.02. The van der Waals surface area contributed by atoms with Crippen LogP contribution in [0.15, 0.2) is 23.7 Å². The van der Waals surface area contributed by atoms with Crippen molar-refractivity contribution in [2.75, 3.05) is 0 Å². The molecule has 0 N–H and O–H groups in total. The molecule has 0 aliphatic carbocycles. The second-order valence-corrected chi connectivity index (χ2v) is 1.82. The van der Waals surface area contributed by atoms with E-state index in [4.69, 9.17) is 4.42 Å². The third kappa shape index (κ3) is 0.500. The van der Waals surface area contributed by atoms with Gasteiger partial charge in [-0.25, -0.2) is 4.98 Å². The Morgan fingerprint density at radius 2 is 2.50 bits per heavy atom. The number of aromatic nitrogens is 3. The second-order valence-electron chi connectivity index (χ2n) is 1.82. The Morgan fingerprint density at radius 3 is 3.30 bits per heavy atom. The van der Waals surface area contributed by atoms with Crippen LogP contribution in [0.3, 0.4) is 0 Å². The Balaban J connectivity index is 2.88. The average molecular weight is 135 g/mol. The standard InChI is InChI=1S/C6H5N3O/c1-2-9-3-7-5-6(9)10-4-8-5/h2-4H,1H2. The minimum Gasteiger partial charge on any atom is -0.425 e. The molecule has 0 atom stereocenters. The minimum atomic E-state index is 0.611. The maximum atomic E-state index is 5.00. The summed E-state index contributed by atoms with van der Waals surface area (Å²) in [7, 11) is 0. The van der Waals surface area contributed by atoms with Crippen LogP contribution in [0.25, 0.3) is 17.6 Å². The number of fused-ring (bicyclic) bond motifs is 1. The molecule has 4 heteroatoms. The van der Waals surface area contributed by atoms with Gasteiger partial charge in [-0.1, -0.05) is 6.58 Å². The van der Waals surface area contributed by atoms with E-state index < -0.39 is 0 Å². The number of oxazole rings is 1. The Labute approximate surface area is 56.8 Å². The van der Waals surface area contributed by atoms with Gasteiger partial charge in [-0.05, 0) is 0 Å². The van der Waals surface area contributed by atoms with Crippen molar-refractivity contribution in [1.82, 2.24) is 14.5 Å². The fourth-order valence-corrected chi connectivity index (χ4v) is 0.798. The summed E-state index contributed by atoms with van der Waals surface area (Å²) in [5.74, 6) is 0. The summed E-state index contributed by atoms with van der Waals surface area (Å²) in [6, 6.07) is 0. The van der Waals surface area contributed by atoms with E-state index in [0.717, 1.165) is 0 Å². The van der Waals surface area contributed by atoms with Crippen LogP contribution in [0.1, 0.15) is 0 Å². The minimum absolute atomic E-state index is 0.611. The summed E-state index contributed by atoms with van der Waals surface area (Å²) >= 11 is 0. The largest absolute Gasteiger partial charge is 0.425 e. The Hall–Kier alpha value is -1.58. The predicted molar refractivity (Wildman–Crippen MR) is 36.2 cm³/mol. The summed E-state index contributed by atoms with van der Waals surface area (Å²) in [6.07, 6.45) is 4.58. The SMILES string of the molecule is C=Cn1cnc2ncoc21. The monoisotopic (exact) mass is 135 g/mol. The van der Waals surface area contributed by atoms with Crippen molar-refractivity contribution in [1.29, 1.82) is 0 Å². The molecule has 0 aromatic carbocycles. The van der Waals surface area contributed by atoms with Crippen LogP contribution in [-0.2, 0) is 0 Å². The number of imidazole rings is 1. The highest BCUT2D eigenvalue weighted by atomic mass is 16.3. The summed E-state index contributed by atoms with van der Waals surface area (Å²) in [4.78, 5) is 7.78. The van der Waals surface area contributed by atoms with Gasteiger partial charge in [0.05, 0.1) is 0 Å². The van der Waals surface area contributed by atoms with Gasteiger partial charge in [0, 0.05) is 6.20 Å². The molecule has 2 aromatic rings. The van der Waals surface area contributed by atoms with E-state index >= 15 is 0 Å². The Bertz CT molecular complexity index is 360. The first-order valence-electron chi connectivity index (χ1n) is 2.80. The third-order valence-corrected chi connectivity index (χ3v) is 1.27. The zero-order chi connectivity index (χ0) is 6.97. The molecule has 10 heavy (non-hydrogen) atoms. The summed E-state index contributed by atoms with van der Waals surface area (Å²) < 4.78 is 6.67. The van der Waals surface area contributed by atoms with Crippen LogP contribution in [0, 0.1) is 0 Å². The normalized spacial score (nSPS) is 10.4. The van der Waals surface area contributed by atoms with E-state index in [1.54, 1.807) is 17.1 Å². The lowest BCUT2D eigenvalue weighted by Crippen LogP contribution is -1.77. The van der Waals surface area contributed by atoms with Gasteiger partial charge in [-0.15, -0.1) is 0 Å². The first kappa shape index (κ1) is 5.22. The second kappa shape index (κ2) is 1.70. The van der Waals surface area contributed by atoms with Crippen molar-refractivity contribution in [2.45, 2.75) is 0 Å². The van der Waals surface area contributed by atoms with Gasteiger partial charge in [0.2, 0.25) is 5.65 Å². The highest BCUT2D eigenvalue weighted by Crippen LogP contribution is 2.09. The molecule has 4 nitrogen and oxygen atoms in total. The van der Waals surface area contributed by atoms with Crippen molar-refractivity contribution in [3.05, 3.63) is 19.3 Å². The summed E-state index contributed by atoms with van der Waals surface area (Å²) in [5.41, 5.74) is 1.25. The van der Waals surface area contributed by atoms with Crippen molar-refractivity contribution >= 4 is 17.6 Å². The van der Waals surface area contributed by atoms with E-state index in [-0.39, 0.29) is 0 Å². The van der Waals surface area contributed by atoms with Crippen LogP contribution < -0.4 is 0 Å². The maximum Gasteiger partial charge on any atom is 0.252 e. The van der Waals surface area contributed by atoms with Crippen LogP contribution in [0.4, 0.5) is 0 Å². The van der Waals surface area contributed by atoms with Crippen molar-refractivity contribution in [2.24, 2.45) is 0 Å². The van der Waals surface area contributed by atoms with E-state index in [1.165, 1.54) is 6.39 Å². The molecule has 2 heterocycles. The topological polar surface area (TPSA) is 43.9 Å². The Kier molecular flexibility index (Phi) is 0.887. The number of nitrogens with zero attached hydrogens (tertiary/aromatic N) is 3. The Morgan fingerprint density at radius 1 is 1.60 bits per heavy atom. The zero-order valence-corrected chi connectivity index (χ0v) is 5.19. The first-order chi connectivity index (χ1) is 4.92. The van der Waals surface area contributed by atoms with Crippen LogP contribution in [0.2, 0.25) is 0 Å². The zero-order valence-electron chi connectivity index (χ0n) is 5.19. The molecular formula is C6H5N3O. The fourth-order valence-electron chi connectivity index (χ4n) is 0.798. The van der Waals surface area contributed by atoms with E-state index in [2.05, 4.69) is 16.5 Å². The molecular weight excluding hydrogens is 130 g/mol. The van der Waals surface area contributed by atoms with Gasteiger partial charge in [0.1, 0.15) is 6.33 Å². The van der Waals surface area contributed by atoms with Crippen LogP contribution in [-0.4, -0.2) is 14.5 Å². The van der Waals surface area contributed by atoms with Gasteiger partial charge >= 0.3 is 0 Å². The molecule has 0 bridgehead atoms. The lowest BCUT2D eigenvalue weighted by Gasteiger charge is -1.84. The number of rotatable bonds is 1. The summed E-state index contributed by atoms with van der Waals surface area (Å²) in [5, 5.41) is 0. The van der Waals surface area contributed by atoms with Gasteiger partial charge in [-0.2, -0.15) is 4.98 Å². The van der Waals surface area contributed by atoms with Crippen LogP contribution >= 0.6 is 0 Å². The van der Waals surface area contributed by atoms with Gasteiger partial charge < -0.3 is 4.42 Å². The molecule has 0 saturated carbocycles. The van der Waals surface area contributed by atoms with Crippen molar-refractivity contribution in [3.63, 3.8) is 0 Å². The smallest absolute Gasteiger partial charge is 0.252 e. The van der Waals surface area contributed by atoms with Crippen LogP contribution in [0.5, 0.6) is 0 Å². The molecule has 2 aromatic heterocycles. The number of hydrogen-bond acceptors (Lipinski definition) is 3. The van der Waals surface area contributed by atoms with E-state index in [0.29, 0.717) is 11.4 Å². The number of hydrogen-bond donors (Lipinski definition) is 0. The van der Waals surface area contributed by atoms with Gasteiger partial charge in [-0.3, -0.25) is 4.57 Å². The summed E-state index contributed by atoms with van der Waals surface area (Å²) in [6.45, 7) is 3.57. The fraction of sp³-hybridized carbons (Fsp3) is 0. The third-order valence-electron chi connectivity index (χ3n) is 1.27. The molecule has 0 amide bonds. The molecule has 0 radical (unpaired) electrons. The molecule has 0 unspecified atom stereocenters. The maximum absolute atomic E-state index is 5.00. The molecule has 0 aliphatic rings. The molecule has 0 saturated heterocycles. The molecule has 2 rings (SSSR count). The van der Waals surface area contributed by atoms with E-state index in [1.807, 2.05) is 0 Å². The predicted octanol–water partition coefficient (Wildman–Crippen LogP) is 1.12. The first-order valence-corrected chi connectivity index (χ1v) is 2.80. The van der Waals surface area contributed by atoms with Gasteiger partial charge in [0.15, 0.2) is 6.39 Å². The average Bonchev–Trinajstić information content (AvgIpc) is 2.44. The van der Waals surface area contributed by atoms with Crippen molar-refractivity contribution < 1.29 is 4.42 Å². The lowest BCUT2D eigenvalue weighted by atomic mass is 10.8. The molecule has 0 spiro atoms. The quantitative estimate of drug-likeness (QED) is 0.588. The molecule has 0 aliphatic heterocycles. The van der Waals surface area contributed by atoms with E-state index in [9.17, 15) is 0 Å². The van der Waals surface area contributed by atoms with Crippen molar-refractivity contribution in [3.8, 4) is 0 Å². The highest BCUT2D eigenvalue weighted by molar-refractivity contribution is 5.65. The lowest BCUT2D eigenvalue weighted by molar-refractivity contribution is 0.584. The molecule has 50 valence electrons. The van der Waals surface area contributed by atoms with Gasteiger partial charge in [0.25, 0.3) is 5.71 Å².